The SMILES string of the molecule is O=C1CCC(N2Cc3cccc(CN4CCN(CCCC5CCCNC5)CC4)c3C2=O)C(=O)N1. The molecule has 4 heterocycles. The van der Waals surface area contributed by atoms with Crippen LogP contribution in [0.1, 0.15) is 60.0 Å². The molecule has 8 heteroatoms. The molecule has 184 valence electrons. The van der Waals surface area contributed by atoms with Crippen LogP contribution in [-0.4, -0.2) is 84.3 Å². The minimum Gasteiger partial charge on any atom is -0.322 e. The average Bonchev–Trinajstić information content (AvgIpc) is 3.18. The number of nitrogens with zero attached hydrogens (tertiary/aromatic N) is 3. The maximum absolute atomic E-state index is 13.3. The van der Waals surface area contributed by atoms with E-state index in [0.29, 0.717) is 13.0 Å². The zero-order valence-electron chi connectivity index (χ0n) is 20.1. The lowest BCUT2D eigenvalue weighted by Crippen LogP contribution is -2.52. The van der Waals surface area contributed by atoms with Crippen LogP contribution in [-0.2, 0) is 22.7 Å². The van der Waals surface area contributed by atoms with Gasteiger partial charge >= 0.3 is 0 Å². The lowest BCUT2D eigenvalue weighted by molar-refractivity contribution is -0.136. The van der Waals surface area contributed by atoms with Gasteiger partial charge in [0, 0.05) is 51.3 Å². The summed E-state index contributed by atoms with van der Waals surface area (Å²) in [4.78, 5) is 43.8. The van der Waals surface area contributed by atoms with Gasteiger partial charge in [-0.05, 0) is 68.8 Å². The van der Waals surface area contributed by atoms with E-state index in [2.05, 4.69) is 26.5 Å². The van der Waals surface area contributed by atoms with Gasteiger partial charge in [0.25, 0.3) is 5.91 Å². The fourth-order valence-corrected chi connectivity index (χ4v) is 6.01. The summed E-state index contributed by atoms with van der Waals surface area (Å²) in [6.45, 7) is 8.95. The van der Waals surface area contributed by atoms with Crippen LogP contribution in [0.3, 0.4) is 0 Å². The van der Waals surface area contributed by atoms with Gasteiger partial charge in [-0.2, -0.15) is 0 Å². The van der Waals surface area contributed by atoms with Crippen molar-refractivity contribution in [3.05, 3.63) is 34.9 Å². The standard InChI is InChI=1S/C26H37N5O3/c32-23-9-8-22(25(33)28-23)31-18-21-7-1-6-20(24(21)26(31)34)17-30-14-12-29(13-15-30)11-3-5-19-4-2-10-27-16-19/h1,6-7,19,22,27H,2-5,8-18H2,(H,28,32,33). The van der Waals surface area contributed by atoms with Crippen molar-refractivity contribution in [3.8, 4) is 0 Å². The Balaban J connectivity index is 1.13. The molecule has 34 heavy (non-hydrogen) atoms. The maximum Gasteiger partial charge on any atom is 0.255 e. The van der Waals surface area contributed by atoms with Gasteiger partial charge in [-0.25, -0.2) is 0 Å². The topological polar surface area (TPSA) is 85.0 Å². The number of piperidine rings is 2. The molecule has 8 nitrogen and oxygen atoms in total. The Morgan fingerprint density at radius 1 is 1.00 bits per heavy atom. The molecule has 3 fully saturated rings. The predicted octanol–water partition coefficient (Wildman–Crippen LogP) is 1.35. The lowest BCUT2D eigenvalue weighted by atomic mass is 9.94. The number of hydrogen-bond donors (Lipinski definition) is 2. The van der Waals surface area contributed by atoms with E-state index in [1.165, 1.54) is 45.3 Å². The number of carbonyl (C=O) groups excluding carboxylic acids is 3. The van der Waals surface area contributed by atoms with Gasteiger partial charge in [0.1, 0.15) is 6.04 Å². The fraction of sp³-hybridized carbons (Fsp3) is 0.654. The predicted molar refractivity (Wildman–Crippen MR) is 129 cm³/mol. The molecule has 0 bridgehead atoms. The normalized spacial score (nSPS) is 26.6. The first kappa shape index (κ1) is 23.5. The molecule has 2 atom stereocenters. The lowest BCUT2D eigenvalue weighted by Gasteiger charge is -2.35. The van der Waals surface area contributed by atoms with Crippen LogP contribution in [0.15, 0.2) is 18.2 Å². The van der Waals surface area contributed by atoms with Crippen LogP contribution < -0.4 is 10.6 Å². The van der Waals surface area contributed by atoms with Gasteiger partial charge in [0.15, 0.2) is 0 Å². The summed E-state index contributed by atoms with van der Waals surface area (Å²) in [7, 11) is 0. The molecule has 3 saturated heterocycles. The summed E-state index contributed by atoms with van der Waals surface area (Å²) in [5.74, 6) is 0.175. The highest BCUT2D eigenvalue weighted by atomic mass is 16.2. The van der Waals surface area contributed by atoms with Crippen LogP contribution in [0.25, 0.3) is 0 Å². The minimum absolute atomic E-state index is 0.0732. The Morgan fingerprint density at radius 3 is 2.59 bits per heavy atom. The van der Waals surface area contributed by atoms with Crippen molar-refractivity contribution in [1.29, 1.82) is 0 Å². The highest BCUT2D eigenvalue weighted by Crippen LogP contribution is 2.30. The third-order valence-electron chi connectivity index (χ3n) is 7.98. The largest absolute Gasteiger partial charge is 0.322 e. The zero-order valence-corrected chi connectivity index (χ0v) is 20.1. The van der Waals surface area contributed by atoms with E-state index in [-0.39, 0.29) is 24.1 Å². The molecule has 1 aromatic carbocycles. The molecule has 0 aliphatic carbocycles. The average molecular weight is 468 g/mol. The first-order chi connectivity index (χ1) is 16.6. The summed E-state index contributed by atoms with van der Waals surface area (Å²) < 4.78 is 0. The summed E-state index contributed by atoms with van der Waals surface area (Å²) in [6, 6.07) is 5.50. The first-order valence-electron chi connectivity index (χ1n) is 13.0. The van der Waals surface area contributed by atoms with Gasteiger partial charge in [0.05, 0.1) is 0 Å². The highest BCUT2D eigenvalue weighted by Gasteiger charge is 2.40. The van der Waals surface area contributed by atoms with E-state index in [1.807, 2.05) is 12.1 Å². The van der Waals surface area contributed by atoms with Gasteiger partial charge in [-0.3, -0.25) is 24.6 Å². The Labute approximate surface area is 202 Å². The van der Waals surface area contributed by atoms with Gasteiger partial charge < -0.3 is 15.1 Å². The third-order valence-corrected chi connectivity index (χ3v) is 7.98. The summed E-state index contributed by atoms with van der Waals surface area (Å²) in [5, 5.41) is 5.90. The summed E-state index contributed by atoms with van der Waals surface area (Å²) in [6.07, 6.45) is 5.99. The number of nitrogens with one attached hydrogen (secondary N) is 2. The Hall–Kier alpha value is -2.29. The molecule has 0 saturated carbocycles. The van der Waals surface area contributed by atoms with Crippen molar-refractivity contribution < 1.29 is 14.4 Å². The summed E-state index contributed by atoms with van der Waals surface area (Å²) in [5.41, 5.74) is 2.80. The highest BCUT2D eigenvalue weighted by molar-refractivity contribution is 6.05. The molecule has 0 radical (unpaired) electrons. The van der Waals surface area contributed by atoms with Crippen molar-refractivity contribution in [1.82, 2.24) is 25.3 Å². The second-order valence-corrected chi connectivity index (χ2v) is 10.3. The van der Waals surface area contributed by atoms with Crippen LogP contribution in [0.4, 0.5) is 0 Å². The number of rotatable bonds is 7. The quantitative estimate of drug-likeness (QED) is 0.589. The molecule has 0 spiro atoms. The van der Waals surface area contributed by atoms with Crippen molar-refractivity contribution in [2.75, 3.05) is 45.8 Å². The van der Waals surface area contributed by atoms with Crippen LogP contribution >= 0.6 is 0 Å². The molecule has 4 aliphatic rings. The van der Waals surface area contributed by atoms with E-state index in [9.17, 15) is 14.4 Å². The summed E-state index contributed by atoms with van der Waals surface area (Å²) >= 11 is 0. The minimum atomic E-state index is -0.557. The van der Waals surface area contributed by atoms with Crippen LogP contribution in [0.5, 0.6) is 0 Å². The maximum atomic E-state index is 13.3. The monoisotopic (exact) mass is 467 g/mol. The molecule has 3 amide bonds. The molecule has 5 rings (SSSR count). The molecular weight excluding hydrogens is 430 g/mol. The van der Waals surface area contributed by atoms with Crippen molar-refractivity contribution >= 4 is 17.7 Å². The fourth-order valence-electron chi connectivity index (χ4n) is 6.01. The molecule has 1 aromatic rings. The number of hydrogen-bond acceptors (Lipinski definition) is 6. The van der Waals surface area contributed by atoms with E-state index in [4.69, 9.17) is 0 Å². The van der Waals surface area contributed by atoms with Crippen molar-refractivity contribution in [3.63, 3.8) is 0 Å². The van der Waals surface area contributed by atoms with E-state index >= 15 is 0 Å². The van der Waals surface area contributed by atoms with E-state index in [1.54, 1.807) is 4.90 Å². The van der Waals surface area contributed by atoms with Gasteiger partial charge in [0.2, 0.25) is 11.8 Å². The Bertz CT molecular complexity index is 921. The molecular formula is C26H37N5O3. The second kappa shape index (κ2) is 10.5. The number of imide groups is 1. The Morgan fingerprint density at radius 2 is 1.82 bits per heavy atom. The zero-order chi connectivity index (χ0) is 23.5. The third kappa shape index (κ3) is 5.19. The molecule has 2 N–H and O–H groups in total. The second-order valence-electron chi connectivity index (χ2n) is 10.3. The van der Waals surface area contributed by atoms with Gasteiger partial charge in [-0.1, -0.05) is 18.2 Å². The number of fused-ring (bicyclic) bond motifs is 1. The van der Waals surface area contributed by atoms with Crippen molar-refractivity contribution in [2.24, 2.45) is 5.92 Å². The first-order valence-corrected chi connectivity index (χ1v) is 13.0. The smallest absolute Gasteiger partial charge is 0.255 e. The number of amides is 3. The van der Waals surface area contributed by atoms with Crippen molar-refractivity contribution in [2.45, 2.75) is 57.7 Å². The van der Waals surface area contributed by atoms with E-state index in [0.717, 1.165) is 55.3 Å². The van der Waals surface area contributed by atoms with Crippen LogP contribution in [0, 0.1) is 5.92 Å². The van der Waals surface area contributed by atoms with Gasteiger partial charge in [-0.15, -0.1) is 0 Å². The number of benzene rings is 1. The number of piperazine rings is 1. The molecule has 4 aliphatic heterocycles. The molecule has 2 unspecified atom stereocenters. The number of carbonyl (C=O) groups is 3. The molecule has 0 aromatic heterocycles. The van der Waals surface area contributed by atoms with E-state index < -0.39 is 6.04 Å². The van der Waals surface area contributed by atoms with Crippen LogP contribution in [0.2, 0.25) is 0 Å². The Kier molecular flexibility index (Phi) is 7.27.